The van der Waals surface area contributed by atoms with Crippen molar-refractivity contribution in [3.05, 3.63) is 71.0 Å². The first-order valence-electron chi connectivity index (χ1n) is 8.46. The molecule has 1 aliphatic heterocycles. The van der Waals surface area contributed by atoms with Gasteiger partial charge in [-0.2, -0.15) is 0 Å². The highest BCUT2D eigenvalue weighted by Gasteiger charge is 2.25. The second-order valence-corrected chi connectivity index (χ2v) is 6.44. The highest BCUT2D eigenvalue weighted by atomic mass is 19.1. The van der Waals surface area contributed by atoms with Crippen molar-refractivity contribution in [2.75, 3.05) is 13.1 Å². The van der Waals surface area contributed by atoms with E-state index in [-0.39, 0.29) is 17.5 Å². The fourth-order valence-corrected chi connectivity index (χ4v) is 3.24. The minimum atomic E-state index is -0.304. The average Bonchev–Trinajstić information content (AvgIpc) is 2.63. The number of likely N-dealkylation sites (tertiary alicyclic amines) is 1. The molecule has 0 amide bonds. The molecule has 3 nitrogen and oxygen atoms in total. The van der Waals surface area contributed by atoms with Crippen molar-refractivity contribution in [3.63, 3.8) is 0 Å². The second kappa shape index (κ2) is 7.69. The molecule has 0 aromatic heterocycles. The number of carbonyl (C=O) groups excluding carboxylic acids is 1. The van der Waals surface area contributed by atoms with Crippen LogP contribution in [0.1, 0.15) is 34.3 Å². The highest BCUT2D eigenvalue weighted by Crippen LogP contribution is 2.23. The fraction of sp³-hybridized carbons (Fsp3) is 0.350. The number of ketones is 1. The van der Waals surface area contributed by atoms with Gasteiger partial charge in [-0.15, -0.1) is 0 Å². The molecule has 0 radical (unpaired) electrons. The van der Waals surface area contributed by atoms with E-state index < -0.39 is 0 Å². The summed E-state index contributed by atoms with van der Waals surface area (Å²) in [5.74, 6) is -0.115. The molecular formula is C20H23FN2O. The normalized spacial score (nSPS) is 16.2. The summed E-state index contributed by atoms with van der Waals surface area (Å²) in [6, 6.07) is 14.3. The number of piperidine rings is 1. The highest BCUT2D eigenvalue weighted by molar-refractivity contribution is 5.97. The Hall–Kier alpha value is -2.04. The summed E-state index contributed by atoms with van der Waals surface area (Å²) in [6.45, 7) is 3.30. The summed E-state index contributed by atoms with van der Waals surface area (Å²) in [5, 5.41) is 0. The summed E-state index contributed by atoms with van der Waals surface area (Å²) in [5.41, 5.74) is 8.65. The van der Waals surface area contributed by atoms with E-state index in [4.69, 9.17) is 5.73 Å². The topological polar surface area (TPSA) is 46.3 Å². The third-order valence-electron chi connectivity index (χ3n) is 4.75. The van der Waals surface area contributed by atoms with E-state index in [2.05, 4.69) is 29.2 Å². The molecule has 0 saturated carbocycles. The van der Waals surface area contributed by atoms with E-state index in [1.807, 2.05) is 0 Å². The Balaban J connectivity index is 1.53. The molecule has 2 N–H and O–H groups in total. The lowest BCUT2D eigenvalue weighted by molar-refractivity contribution is 0.0835. The van der Waals surface area contributed by atoms with Gasteiger partial charge in [0.25, 0.3) is 0 Å². The molecular weight excluding hydrogens is 303 g/mol. The lowest BCUT2D eigenvalue weighted by Crippen LogP contribution is -2.35. The quantitative estimate of drug-likeness (QED) is 0.857. The Bertz CT molecular complexity index is 674. The first-order chi connectivity index (χ1) is 11.7. The van der Waals surface area contributed by atoms with Gasteiger partial charge in [0.15, 0.2) is 5.78 Å². The van der Waals surface area contributed by atoms with Gasteiger partial charge < -0.3 is 5.73 Å². The molecule has 1 fully saturated rings. The van der Waals surface area contributed by atoms with E-state index in [1.165, 1.54) is 17.7 Å². The molecule has 126 valence electrons. The number of hydrogen-bond acceptors (Lipinski definition) is 3. The van der Waals surface area contributed by atoms with E-state index in [1.54, 1.807) is 12.1 Å². The SMILES string of the molecule is NCc1ccc(CN2CCC(C(=O)c3ccc(F)cc3)CC2)cc1. The zero-order valence-corrected chi connectivity index (χ0v) is 13.7. The molecule has 0 bridgehead atoms. The van der Waals surface area contributed by atoms with Crippen LogP contribution < -0.4 is 5.73 Å². The molecule has 1 heterocycles. The van der Waals surface area contributed by atoms with Crippen LogP contribution >= 0.6 is 0 Å². The number of halogens is 1. The Morgan fingerprint density at radius 3 is 2.17 bits per heavy atom. The number of nitrogens with zero attached hydrogens (tertiary/aromatic N) is 1. The number of hydrogen-bond donors (Lipinski definition) is 1. The van der Waals surface area contributed by atoms with E-state index in [9.17, 15) is 9.18 Å². The monoisotopic (exact) mass is 326 g/mol. The van der Waals surface area contributed by atoms with Crippen molar-refractivity contribution in [1.29, 1.82) is 0 Å². The number of rotatable bonds is 5. The predicted molar refractivity (Wildman–Crippen MR) is 93.1 cm³/mol. The van der Waals surface area contributed by atoms with Gasteiger partial charge in [0, 0.05) is 24.6 Å². The fourth-order valence-electron chi connectivity index (χ4n) is 3.24. The van der Waals surface area contributed by atoms with Crippen LogP contribution in [0, 0.1) is 11.7 Å². The summed E-state index contributed by atoms with van der Waals surface area (Å²) < 4.78 is 13.0. The van der Waals surface area contributed by atoms with Crippen LogP contribution in [0.15, 0.2) is 48.5 Å². The summed E-state index contributed by atoms with van der Waals surface area (Å²) in [6.07, 6.45) is 1.72. The van der Waals surface area contributed by atoms with Crippen LogP contribution in [0.4, 0.5) is 4.39 Å². The summed E-state index contributed by atoms with van der Waals surface area (Å²) in [7, 11) is 0. The standard InChI is InChI=1S/C20H23FN2O/c21-19-7-5-17(6-8-19)20(24)18-9-11-23(12-10-18)14-16-3-1-15(13-22)2-4-16/h1-8,18H,9-14,22H2. The number of benzene rings is 2. The van der Waals surface area contributed by atoms with Crippen molar-refractivity contribution in [2.24, 2.45) is 11.7 Å². The lowest BCUT2D eigenvalue weighted by Gasteiger charge is -2.31. The molecule has 1 saturated heterocycles. The average molecular weight is 326 g/mol. The second-order valence-electron chi connectivity index (χ2n) is 6.44. The molecule has 2 aromatic carbocycles. The minimum Gasteiger partial charge on any atom is -0.326 e. The maximum absolute atomic E-state index is 13.0. The number of nitrogens with two attached hydrogens (primary N) is 1. The lowest BCUT2D eigenvalue weighted by atomic mass is 9.88. The van der Waals surface area contributed by atoms with Gasteiger partial charge in [-0.1, -0.05) is 24.3 Å². The molecule has 0 atom stereocenters. The molecule has 1 aliphatic rings. The van der Waals surface area contributed by atoms with E-state index in [0.717, 1.165) is 38.0 Å². The van der Waals surface area contributed by atoms with Crippen molar-refractivity contribution < 1.29 is 9.18 Å². The maximum Gasteiger partial charge on any atom is 0.166 e. The summed E-state index contributed by atoms with van der Waals surface area (Å²) in [4.78, 5) is 14.9. The summed E-state index contributed by atoms with van der Waals surface area (Å²) >= 11 is 0. The van der Waals surface area contributed by atoms with Gasteiger partial charge in [-0.25, -0.2) is 4.39 Å². The van der Waals surface area contributed by atoms with Gasteiger partial charge in [0.2, 0.25) is 0 Å². The van der Waals surface area contributed by atoms with Crippen molar-refractivity contribution in [1.82, 2.24) is 4.90 Å². The Morgan fingerprint density at radius 2 is 1.58 bits per heavy atom. The first kappa shape index (κ1) is 16.8. The van der Waals surface area contributed by atoms with Crippen LogP contribution in [0.3, 0.4) is 0 Å². The number of Topliss-reactive ketones (excluding diaryl/α,β-unsaturated/α-hetero) is 1. The molecule has 24 heavy (non-hydrogen) atoms. The Morgan fingerprint density at radius 1 is 1.00 bits per heavy atom. The largest absolute Gasteiger partial charge is 0.326 e. The van der Waals surface area contributed by atoms with E-state index in [0.29, 0.717) is 12.1 Å². The van der Waals surface area contributed by atoms with Crippen LogP contribution in [-0.4, -0.2) is 23.8 Å². The molecule has 4 heteroatoms. The van der Waals surface area contributed by atoms with Gasteiger partial charge >= 0.3 is 0 Å². The van der Waals surface area contributed by atoms with Crippen molar-refractivity contribution in [2.45, 2.75) is 25.9 Å². The Kier molecular flexibility index (Phi) is 5.38. The molecule has 0 aliphatic carbocycles. The maximum atomic E-state index is 13.0. The van der Waals surface area contributed by atoms with E-state index >= 15 is 0 Å². The third-order valence-corrected chi connectivity index (χ3v) is 4.75. The van der Waals surface area contributed by atoms with Crippen LogP contribution in [0.5, 0.6) is 0 Å². The van der Waals surface area contributed by atoms with Crippen LogP contribution in [-0.2, 0) is 13.1 Å². The van der Waals surface area contributed by atoms with Gasteiger partial charge in [0.1, 0.15) is 5.82 Å². The zero-order valence-electron chi connectivity index (χ0n) is 13.7. The van der Waals surface area contributed by atoms with Gasteiger partial charge in [0.05, 0.1) is 0 Å². The molecule has 2 aromatic rings. The minimum absolute atomic E-state index is 0.0475. The number of carbonyl (C=O) groups is 1. The van der Waals surface area contributed by atoms with Gasteiger partial charge in [-0.05, 0) is 61.3 Å². The smallest absolute Gasteiger partial charge is 0.166 e. The van der Waals surface area contributed by atoms with Gasteiger partial charge in [-0.3, -0.25) is 9.69 Å². The first-order valence-corrected chi connectivity index (χ1v) is 8.46. The van der Waals surface area contributed by atoms with Crippen molar-refractivity contribution in [3.8, 4) is 0 Å². The molecule has 3 rings (SSSR count). The molecule has 0 spiro atoms. The third kappa shape index (κ3) is 4.08. The zero-order chi connectivity index (χ0) is 16.9. The predicted octanol–water partition coefficient (Wildman–Crippen LogP) is 3.38. The molecule has 0 unspecified atom stereocenters. The van der Waals surface area contributed by atoms with Crippen molar-refractivity contribution >= 4 is 5.78 Å². The van der Waals surface area contributed by atoms with Crippen LogP contribution in [0.2, 0.25) is 0 Å². The Labute approximate surface area is 142 Å². The van der Waals surface area contributed by atoms with Crippen LogP contribution in [0.25, 0.3) is 0 Å².